The number of benzene rings is 1. The maximum absolute atomic E-state index is 9.50. The number of aliphatic hydroxyl groups is 1. The summed E-state index contributed by atoms with van der Waals surface area (Å²) in [6.45, 7) is 5.67. The van der Waals surface area contributed by atoms with Crippen molar-refractivity contribution in [2.24, 2.45) is 5.92 Å². The van der Waals surface area contributed by atoms with E-state index in [4.69, 9.17) is 0 Å². The number of nitrogens with zero attached hydrogens (tertiary/aromatic N) is 1. The van der Waals surface area contributed by atoms with Gasteiger partial charge in [-0.2, -0.15) is 0 Å². The largest absolute Gasteiger partial charge is 0.394 e. The predicted octanol–water partition coefficient (Wildman–Crippen LogP) is 2.17. The molecule has 0 aromatic heterocycles. The van der Waals surface area contributed by atoms with Crippen molar-refractivity contribution in [3.8, 4) is 0 Å². The van der Waals surface area contributed by atoms with E-state index in [9.17, 15) is 5.11 Å². The van der Waals surface area contributed by atoms with E-state index in [1.54, 1.807) is 0 Å². The van der Waals surface area contributed by atoms with Gasteiger partial charge >= 0.3 is 0 Å². The third kappa shape index (κ3) is 2.52. The van der Waals surface area contributed by atoms with Gasteiger partial charge in [0.25, 0.3) is 0 Å². The Bertz CT molecular complexity index is 377. The molecule has 1 aromatic carbocycles. The second-order valence-electron chi connectivity index (χ2n) is 5.31. The fraction of sp³-hybridized carbons (Fsp3) is 0.600. The zero-order valence-corrected chi connectivity index (χ0v) is 11.6. The molecule has 1 fully saturated rings. The smallest absolute Gasteiger partial charge is 0.0637 e. The Balaban J connectivity index is 2.14. The van der Waals surface area contributed by atoms with Crippen LogP contribution in [0.15, 0.2) is 24.3 Å². The minimum Gasteiger partial charge on any atom is -0.394 e. The summed E-state index contributed by atoms with van der Waals surface area (Å²) < 4.78 is 0. The molecule has 1 saturated heterocycles. The van der Waals surface area contributed by atoms with Gasteiger partial charge in [-0.25, -0.2) is 0 Å². The molecule has 3 unspecified atom stereocenters. The highest BCUT2D eigenvalue weighted by molar-refractivity contribution is 5.50. The second kappa shape index (κ2) is 5.72. The van der Waals surface area contributed by atoms with Crippen LogP contribution in [0.1, 0.15) is 31.9 Å². The van der Waals surface area contributed by atoms with E-state index in [0.29, 0.717) is 12.0 Å². The lowest BCUT2D eigenvalue weighted by molar-refractivity contribution is 0.245. The van der Waals surface area contributed by atoms with Gasteiger partial charge in [-0.05, 0) is 44.0 Å². The average Bonchev–Trinajstić information content (AvgIpc) is 2.79. The van der Waals surface area contributed by atoms with Crippen molar-refractivity contribution in [2.45, 2.75) is 32.4 Å². The van der Waals surface area contributed by atoms with E-state index in [1.807, 2.05) is 7.05 Å². The van der Waals surface area contributed by atoms with Gasteiger partial charge in [0.1, 0.15) is 0 Å². The van der Waals surface area contributed by atoms with Crippen molar-refractivity contribution >= 4 is 5.69 Å². The molecule has 0 bridgehead atoms. The first-order valence-electron chi connectivity index (χ1n) is 6.82. The highest BCUT2D eigenvalue weighted by atomic mass is 16.3. The van der Waals surface area contributed by atoms with Crippen molar-refractivity contribution in [3.05, 3.63) is 29.8 Å². The van der Waals surface area contributed by atoms with Crippen LogP contribution in [0.2, 0.25) is 0 Å². The Morgan fingerprint density at radius 3 is 2.61 bits per heavy atom. The highest BCUT2D eigenvalue weighted by Crippen LogP contribution is 2.30. The summed E-state index contributed by atoms with van der Waals surface area (Å²) >= 11 is 0. The first kappa shape index (κ1) is 13.4. The molecule has 3 heteroatoms. The Kier molecular flexibility index (Phi) is 4.25. The molecule has 100 valence electrons. The maximum Gasteiger partial charge on any atom is 0.0637 e. The van der Waals surface area contributed by atoms with E-state index >= 15 is 0 Å². The summed E-state index contributed by atoms with van der Waals surface area (Å²) in [6, 6.07) is 9.35. The molecule has 0 amide bonds. The van der Waals surface area contributed by atoms with Crippen LogP contribution < -0.4 is 10.2 Å². The number of anilines is 1. The standard InChI is InChI=1S/C15H24N2O/c1-11-8-9-17(15(11)10-18)14-6-4-13(5-7-14)12(2)16-3/h4-7,11-12,15-16,18H,8-10H2,1-3H3. The number of aliphatic hydroxyl groups excluding tert-OH is 1. The molecule has 2 rings (SSSR count). The zero-order chi connectivity index (χ0) is 13.1. The van der Waals surface area contributed by atoms with Crippen LogP contribution in [0.5, 0.6) is 0 Å². The minimum absolute atomic E-state index is 0.246. The molecule has 2 N–H and O–H groups in total. The van der Waals surface area contributed by atoms with Gasteiger partial charge in [-0.3, -0.25) is 0 Å². The van der Waals surface area contributed by atoms with Crippen molar-refractivity contribution in [1.82, 2.24) is 5.32 Å². The summed E-state index contributed by atoms with van der Waals surface area (Å²) in [5, 5.41) is 12.7. The Hall–Kier alpha value is -1.06. The van der Waals surface area contributed by atoms with Crippen molar-refractivity contribution in [3.63, 3.8) is 0 Å². The van der Waals surface area contributed by atoms with Crippen LogP contribution in [-0.4, -0.2) is 31.3 Å². The van der Waals surface area contributed by atoms with Crippen LogP contribution in [0, 0.1) is 5.92 Å². The topological polar surface area (TPSA) is 35.5 Å². The van der Waals surface area contributed by atoms with Gasteiger partial charge in [0.2, 0.25) is 0 Å². The lowest BCUT2D eigenvalue weighted by atomic mass is 10.0. The molecule has 1 aliphatic heterocycles. The predicted molar refractivity (Wildman–Crippen MR) is 75.9 cm³/mol. The van der Waals surface area contributed by atoms with E-state index in [-0.39, 0.29) is 12.6 Å². The third-order valence-electron chi connectivity index (χ3n) is 4.23. The quantitative estimate of drug-likeness (QED) is 0.857. The molecule has 0 saturated carbocycles. The molecule has 1 aliphatic rings. The molecule has 0 radical (unpaired) electrons. The summed E-state index contributed by atoms with van der Waals surface area (Å²) in [5.41, 5.74) is 2.53. The van der Waals surface area contributed by atoms with Crippen LogP contribution in [-0.2, 0) is 0 Å². The summed E-state index contributed by atoms with van der Waals surface area (Å²) in [5.74, 6) is 0.575. The molecule has 1 aromatic rings. The highest BCUT2D eigenvalue weighted by Gasteiger charge is 2.30. The minimum atomic E-state index is 0.246. The van der Waals surface area contributed by atoms with E-state index in [2.05, 4.69) is 48.3 Å². The average molecular weight is 248 g/mol. The van der Waals surface area contributed by atoms with Gasteiger partial charge in [-0.1, -0.05) is 19.1 Å². The molecule has 1 heterocycles. The number of hydrogen-bond acceptors (Lipinski definition) is 3. The van der Waals surface area contributed by atoms with Gasteiger partial charge in [-0.15, -0.1) is 0 Å². The van der Waals surface area contributed by atoms with Crippen LogP contribution in [0.3, 0.4) is 0 Å². The Morgan fingerprint density at radius 1 is 1.39 bits per heavy atom. The van der Waals surface area contributed by atoms with Gasteiger partial charge in [0.15, 0.2) is 0 Å². The fourth-order valence-corrected chi connectivity index (χ4v) is 2.73. The third-order valence-corrected chi connectivity index (χ3v) is 4.23. The van der Waals surface area contributed by atoms with Gasteiger partial charge in [0.05, 0.1) is 12.6 Å². The fourth-order valence-electron chi connectivity index (χ4n) is 2.73. The number of hydrogen-bond donors (Lipinski definition) is 2. The summed E-state index contributed by atoms with van der Waals surface area (Å²) in [4.78, 5) is 2.33. The molecule has 0 aliphatic carbocycles. The number of rotatable bonds is 4. The van der Waals surface area contributed by atoms with Crippen LogP contribution in [0.25, 0.3) is 0 Å². The van der Waals surface area contributed by atoms with E-state index in [1.165, 1.54) is 17.7 Å². The summed E-state index contributed by atoms with van der Waals surface area (Å²) in [6.07, 6.45) is 1.17. The first-order valence-corrected chi connectivity index (χ1v) is 6.82. The summed E-state index contributed by atoms with van der Waals surface area (Å²) in [7, 11) is 1.97. The van der Waals surface area contributed by atoms with E-state index in [0.717, 1.165) is 6.54 Å². The SMILES string of the molecule is CNC(C)c1ccc(N2CCC(C)C2CO)cc1. The molecule has 3 nitrogen and oxygen atoms in total. The zero-order valence-electron chi connectivity index (χ0n) is 11.6. The molecular formula is C15H24N2O. The first-order chi connectivity index (χ1) is 8.67. The van der Waals surface area contributed by atoms with Crippen LogP contribution in [0.4, 0.5) is 5.69 Å². The lowest BCUT2D eigenvalue weighted by Crippen LogP contribution is -2.35. The second-order valence-corrected chi connectivity index (χ2v) is 5.31. The molecule has 18 heavy (non-hydrogen) atoms. The van der Waals surface area contributed by atoms with Gasteiger partial charge in [0, 0.05) is 18.3 Å². The molecular weight excluding hydrogens is 224 g/mol. The van der Waals surface area contributed by atoms with E-state index < -0.39 is 0 Å². The van der Waals surface area contributed by atoms with Crippen molar-refractivity contribution < 1.29 is 5.11 Å². The number of nitrogens with one attached hydrogen (secondary N) is 1. The monoisotopic (exact) mass is 248 g/mol. The Labute approximate surface area is 110 Å². The lowest BCUT2D eigenvalue weighted by Gasteiger charge is -2.27. The van der Waals surface area contributed by atoms with Crippen LogP contribution >= 0.6 is 0 Å². The molecule has 0 spiro atoms. The van der Waals surface area contributed by atoms with Crippen molar-refractivity contribution in [1.29, 1.82) is 0 Å². The molecule has 3 atom stereocenters. The Morgan fingerprint density at radius 2 is 2.06 bits per heavy atom. The van der Waals surface area contributed by atoms with Crippen molar-refractivity contribution in [2.75, 3.05) is 25.1 Å². The maximum atomic E-state index is 9.50. The van der Waals surface area contributed by atoms with Gasteiger partial charge < -0.3 is 15.3 Å². The normalized spacial score (nSPS) is 25.4.